The molecule has 0 unspecified atom stereocenters. The van der Waals surface area contributed by atoms with Crippen LogP contribution < -0.4 is 20.9 Å². The van der Waals surface area contributed by atoms with Gasteiger partial charge in [-0.05, 0) is 60.9 Å². The number of carbonyl (C=O) groups is 1. The van der Waals surface area contributed by atoms with Gasteiger partial charge in [0.25, 0.3) is 0 Å². The van der Waals surface area contributed by atoms with Gasteiger partial charge in [-0.3, -0.25) is 4.99 Å². The van der Waals surface area contributed by atoms with E-state index in [1.165, 1.54) is 5.00 Å². The maximum atomic E-state index is 12.3. The first-order chi connectivity index (χ1) is 15.2. The molecule has 0 atom stereocenters. The summed E-state index contributed by atoms with van der Waals surface area (Å²) in [5.74, 6) is 0.820. The van der Waals surface area contributed by atoms with Crippen LogP contribution >= 0.6 is 11.3 Å². The number of thiophene rings is 1. The molecule has 4 rings (SSSR count). The molecular weight excluding hydrogens is 408 g/mol. The Labute approximate surface area is 188 Å². The molecule has 2 saturated heterocycles. The molecule has 0 bridgehead atoms. The molecule has 1 aromatic heterocycles. The fourth-order valence-corrected chi connectivity index (χ4v) is 4.93. The summed E-state index contributed by atoms with van der Waals surface area (Å²) in [6.45, 7) is 4.48. The number of amides is 2. The number of likely N-dealkylation sites (tertiary alicyclic amines) is 1. The van der Waals surface area contributed by atoms with Gasteiger partial charge in [-0.1, -0.05) is 12.1 Å². The summed E-state index contributed by atoms with van der Waals surface area (Å²) < 4.78 is 0. The Balaban J connectivity index is 1.24. The molecule has 2 amide bonds. The number of carbonyl (C=O) groups excluding carboxylic acids is 1. The molecule has 31 heavy (non-hydrogen) atoms. The Hall–Kier alpha value is -2.74. The van der Waals surface area contributed by atoms with E-state index in [0.29, 0.717) is 12.6 Å². The van der Waals surface area contributed by atoms with Crippen LogP contribution in [0.15, 0.2) is 46.8 Å². The average molecular weight is 441 g/mol. The first kappa shape index (κ1) is 21.5. The van der Waals surface area contributed by atoms with Crippen molar-refractivity contribution >= 4 is 34.0 Å². The van der Waals surface area contributed by atoms with Crippen molar-refractivity contribution in [3.05, 3.63) is 47.3 Å². The molecule has 0 saturated carbocycles. The molecular formula is C23H32N6OS. The largest absolute Gasteiger partial charge is 0.363 e. The summed E-state index contributed by atoms with van der Waals surface area (Å²) in [6.07, 6.45) is 4.38. The van der Waals surface area contributed by atoms with Crippen LogP contribution in [-0.2, 0) is 6.54 Å². The van der Waals surface area contributed by atoms with Crippen LogP contribution in [0, 0.1) is 0 Å². The lowest BCUT2D eigenvalue weighted by atomic mass is 10.1. The van der Waals surface area contributed by atoms with Gasteiger partial charge in [0.2, 0.25) is 0 Å². The summed E-state index contributed by atoms with van der Waals surface area (Å²) in [6, 6.07) is 12.7. The van der Waals surface area contributed by atoms with Crippen molar-refractivity contribution in [2.75, 3.05) is 43.4 Å². The predicted molar refractivity (Wildman–Crippen MR) is 129 cm³/mol. The van der Waals surface area contributed by atoms with Crippen LogP contribution in [-0.4, -0.2) is 56.2 Å². The third-order valence-corrected chi connectivity index (χ3v) is 6.84. The van der Waals surface area contributed by atoms with Gasteiger partial charge >= 0.3 is 6.03 Å². The van der Waals surface area contributed by atoms with Gasteiger partial charge in [0.05, 0.1) is 5.00 Å². The average Bonchev–Trinajstić information content (AvgIpc) is 3.52. The highest BCUT2D eigenvalue weighted by molar-refractivity contribution is 7.14. The zero-order valence-corrected chi connectivity index (χ0v) is 19.0. The van der Waals surface area contributed by atoms with E-state index in [1.807, 2.05) is 41.5 Å². The van der Waals surface area contributed by atoms with Crippen molar-refractivity contribution < 1.29 is 4.79 Å². The SMILES string of the molecule is CN=C(NCc1cccc(NC(=O)N2CCCC2)c1)NC1CCN(c2cccs2)CC1. The summed E-state index contributed by atoms with van der Waals surface area (Å²) in [5.41, 5.74) is 1.94. The van der Waals surface area contributed by atoms with Crippen LogP contribution in [0.2, 0.25) is 0 Å². The molecule has 3 heterocycles. The van der Waals surface area contributed by atoms with Gasteiger partial charge in [0.1, 0.15) is 0 Å². The van der Waals surface area contributed by atoms with Gasteiger partial charge in [-0.2, -0.15) is 0 Å². The van der Waals surface area contributed by atoms with E-state index in [2.05, 4.69) is 49.4 Å². The Kier molecular flexibility index (Phi) is 7.30. The van der Waals surface area contributed by atoms with Gasteiger partial charge in [-0.15, -0.1) is 11.3 Å². The molecule has 8 heteroatoms. The maximum absolute atomic E-state index is 12.3. The van der Waals surface area contributed by atoms with E-state index in [4.69, 9.17) is 0 Å². The standard InChI is InChI=1S/C23H32N6OS/c1-24-22(26-19-9-13-28(14-10-19)21-8-5-15-31-21)25-17-18-6-4-7-20(16-18)27-23(30)29-11-2-3-12-29/h4-8,15-16,19H,2-3,9-14,17H2,1H3,(H,27,30)(H2,24,25,26). The molecule has 0 radical (unpaired) electrons. The molecule has 2 fully saturated rings. The van der Waals surface area contributed by atoms with Gasteiger partial charge in [-0.25, -0.2) is 4.79 Å². The van der Waals surface area contributed by atoms with E-state index < -0.39 is 0 Å². The van der Waals surface area contributed by atoms with E-state index >= 15 is 0 Å². The number of benzene rings is 1. The highest BCUT2D eigenvalue weighted by atomic mass is 32.1. The minimum absolute atomic E-state index is 0.00558. The Morgan fingerprint density at radius 3 is 2.65 bits per heavy atom. The first-order valence-electron chi connectivity index (χ1n) is 11.1. The minimum atomic E-state index is -0.00558. The van der Waals surface area contributed by atoms with Crippen molar-refractivity contribution in [3.63, 3.8) is 0 Å². The summed E-state index contributed by atoms with van der Waals surface area (Å²) >= 11 is 1.81. The van der Waals surface area contributed by atoms with Crippen molar-refractivity contribution in [1.29, 1.82) is 0 Å². The van der Waals surface area contributed by atoms with E-state index in [-0.39, 0.29) is 6.03 Å². The molecule has 7 nitrogen and oxygen atoms in total. The lowest BCUT2D eigenvalue weighted by molar-refractivity contribution is 0.222. The number of nitrogens with zero attached hydrogens (tertiary/aromatic N) is 3. The lowest BCUT2D eigenvalue weighted by Crippen LogP contribution is -2.48. The number of piperidine rings is 1. The van der Waals surface area contributed by atoms with Gasteiger partial charge < -0.3 is 25.8 Å². The highest BCUT2D eigenvalue weighted by Gasteiger charge is 2.21. The van der Waals surface area contributed by atoms with Crippen molar-refractivity contribution in [3.8, 4) is 0 Å². The normalized spacial score (nSPS) is 17.6. The third kappa shape index (κ3) is 5.91. The molecule has 0 aliphatic carbocycles. The van der Waals surface area contributed by atoms with Crippen molar-refractivity contribution in [2.24, 2.45) is 4.99 Å². The molecule has 0 spiro atoms. The maximum Gasteiger partial charge on any atom is 0.321 e. The molecule has 166 valence electrons. The number of nitrogens with one attached hydrogen (secondary N) is 3. The lowest BCUT2D eigenvalue weighted by Gasteiger charge is -2.33. The number of rotatable bonds is 5. The van der Waals surface area contributed by atoms with Crippen LogP contribution in [0.1, 0.15) is 31.2 Å². The van der Waals surface area contributed by atoms with E-state index in [0.717, 1.165) is 69.1 Å². The monoisotopic (exact) mass is 440 g/mol. The Bertz CT molecular complexity index is 870. The van der Waals surface area contributed by atoms with Crippen LogP contribution in [0.5, 0.6) is 0 Å². The quantitative estimate of drug-likeness (QED) is 0.490. The van der Waals surface area contributed by atoms with Crippen LogP contribution in [0.3, 0.4) is 0 Å². The second kappa shape index (κ2) is 10.5. The van der Waals surface area contributed by atoms with E-state index in [9.17, 15) is 4.79 Å². The zero-order chi connectivity index (χ0) is 21.5. The number of guanidine groups is 1. The molecule has 2 aromatic rings. The Morgan fingerprint density at radius 2 is 1.94 bits per heavy atom. The smallest absolute Gasteiger partial charge is 0.321 e. The second-order valence-corrected chi connectivity index (χ2v) is 9.03. The third-order valence-electron chi connectivity index (χ3n) is 5.91. The molecule has 1 aromatic carbocycles. The van der Waals surface area contributed by atoms with Crippen LogP contribution in [0.25, 0.3) is 0 Å². The number of anilines is 2. The fourth-order valence-electron chi connectivity index (χ4n) is 4.15. The first-order valence-corrected chi connectivity index (χ1v) is 12.0. The summed E-state index contributed by atoms with van der Waals surface area (Å²) in [7, 11) is 1.81. The van der Waals surface area contributed by atoms with Gasteiger partial charge in [0, 0.05) is 51.5 Å². The zero-order valence-electron chi connectivity index (χ0n) is 18.1. The van der Waals surface area contributed by atoms with E-state index in [1.54, 1.807) is 0 Å². The van der Waals surface area contributed by atoms with Crippen molar-refractivity contribution in [1.82, 2.24) is 15.5 Å². The molecule has 2 aliphatic rings. The number of urea groups is 1. The summed E-state index contributed by atoms with van der Waals surface area (Å²) in [5, 5.41) is 13.5. The second-order valence-electron chi connectivity index (χ2n) is 8.11. The van der Waals surface area contributed by atoms with Gasteiger partial charge in [0.15, 0.2) is 5.96 Å². The molecule has 2 aliphatic heterocycles. The van der Waals surface area contributed by atoms with Crippen LogP contribution in [0.4, 0.5) is 15.5 Å². The molecule has 3 N–H and O–H groups in total. The topological polar surface area (TPSA) is 72.0 Å². The predicted octanol–water partition coefficient (Wildman–Crippen LogP) is 3.71. The number of hydrogen-bond acceptors (Lipinski definition) is 4. The fraction of sp³-hybridized carbons (Fsp3) is 0.478. The number of hydrogen-bond donors (Lipinski definition) is 3. The number of aliphatic imine (C=N–C) groups is 1. The highest BCUT2D eigenvalue weighted by Crippen LogP contribution is 2.24. The minimum Gasteiger partial charge on any atom is -0.363 e. The summed E-state index contributed by atoms with van der Waals surface area (Å²) in [4.78, 5) is 21.1. The Morgan fingerprint density at radius 1 is 1.13 bits per heavy atom. The van der Waals surface area contributed by atoms with Crippen molar-refractivity contribution in [2.45, 2.75) is 38.3 Å².